The van der Waals surface area contributed by atoms with Crippen LogP contribution in [0.3, 0.4) is 0 Å². The number of amides is 2. The number of hydrogen-bond donors (Lipinski definition) is 2. The van der Waals surface area contributed by atoms with Crippen molar-refractivity contribution in [1.29, 1.82) is 0 Å². The molecule has 0 aliphatic rings. The van der Waals surface area contributed by atoms with Crippen LogP contribution in [0, 0.1) is 6.92 Å². The SMILES string of the molecule is CC(=O)Nc1cccc(NC(=O)Cn2ncc(=O)c3ccccc32)c1C. The third-order valence-electron chi connectivity index (χ3n) is 3.97. The van der Waals surface area contributed by atoms with Gasteiger partial charge in [-0.25, -0.2) is 0 Å². The summed E-state index contributed by atoms with van der Waals surface area (Å²) < 4.78 is 1.49. The number of aromatic nitrogens is 2. The Labute approximate surface area is 149 Å². The first-order valence-corrected chi connectivity index (χ1v) is 8.07. The van der Waals surface area contributed by atoms with Crippen LogP contribution in [0.15, 0.2) is 53.5 Å². The third kappa shape index (κ3) is 3.61. The quantitative estimate of drug-likeness (QED) is 0.755. The zero-order valence-corrected chi connectivity index (χ0v) is 14.4. The predicted octanol–water partition coefficient (Wildman–Crippen LogP) is 2.30. The van der Waals surface area contributed by atoms with Crippen LogP contribution in [0.1, 0.15) is 12.5 Å². The zero-order valence-electron chi connectivity index (χ0n) is 14.4. The number of fused-ring (bicyclic) bond motifs is 1. The summed E-state index contributed by atoms with van der Waals surface area (Å²) in [5.74, 6) is -0.463. The molecule has 0 saturated carbocycles. The molecule has 7 nitrogen and oxygen atoms in total. The largest absolute Gasteiger partial charge is 0.326 e. The van der Waals surface area contributed by atoms with Gasteiger partial charge < -0.3 is 10.6 Å². The number of para-hydroxylation sites is 1. The molecule has 0 aliphatic carbocycles. The second kappa shape index (κ2) is 7.18. The predicted molar refractivity (Wildman–Crippen MR) is 100 cm³/mol. The van der Waals surface area contributed by atoms with E-state index < -0.39 is 0 Å². The highest BCUT2D eigenvalue weighted by Gasteiger charge is 2.11. The minimum absolute atomic E-state index is 0.0371. The molecule has 1 heterocycles. The van der Waals surface area contributed by atoms with Crippen molar-refractivity contribution in [2.75, 3.05) is 10.6 Å². The molecule has 0 saturated heterocycles. The molecule has 3 aromatic rings. The van der Waals surface area contributed by atoms with E-state index in [1.165, 1.54) is 17.8 Å². The minimum atomic E-state index is -0.283. The summed E-state index contributed by atoms with van der Waals surface area (Å²) in [5.41, 5.74) is 2.41. The first kappa shape index (κ1) is 17.3. The standard InChI is InChI=1S/C19H18N4O3/c1-12-15(21-13(2)24)7-5-8-16(12)22-19(26)11-23-17-9-4-3-6-14(17)18(25)10-20-23/h3-10H,11H2,1-2H3,(H,21,24)(H,22,26). The van der Waals surface area contributed by atoms with Gasteiger partial charge in [0.2, 0.25) is 17.2 Å². The Morgan fingerprint density at radius 1 is 1.04 bits per heavy atom. The summed E-state index contributed by atoms with van der Waals surface area (Å²) in [6, 6.07) is 12.3. The normalized spacial score (nSPS) is 10.5. The molecule has 0 spiro atoms. The van der Waals surface area contributed by atoms with Crippen molar-refractivity contribution in [1.82, 2.24) is 9.78 Å². The number of rotatable bonds is 4. The number of anilines is 2. The van der Waals surface area contributed by atoms with E-state index in [2.05, 4.69) is 15.7 Å². The van der Waals surface area contributed by atoms with Crippen LogP contribution in [0.5, 0.6) is 0 Å². The van der Waals surface area contributed by atoms with Crippen molar-refractivity contribution in [3.05, 3.63) is 64.4 Å². The topological polar surface area (TPSA) is 93.1 Å². The van der Waals surface area contributed by atoms with Gasteiger partial charge >= 0.3 is 0 Å². The maximum atomic E-state index is 12.5. The third-order valence-corrected chi connectivity index (χ3v) is 3.97. The average Bonchev–Trinajstić information content (AvgIpc) is 2.61. The highest BCUT2D eigenvalue weighted by atomic mass is 16.2. The van der Waals surface area contributed by atoms with E-state index in [4.69, 9.17) is 0 Å². The zero-order chi connectivity index (χ0) is 18.7. The lowest BCUT2D eigenvalue weighted by molar-refractivity contribution is -0.117. The summed E-state index contributed by atoms with van der Waals surface area (Å²) >= 11 is 0. The van der Waals surface area contributed by atoms with Crippen LogP contribution in [0.2, 0.25) is 0 Å². The summed E-state index contributed by atoms with van der Waals surface area (Å²) in [5, 5.41) is 10.1. The highest BCUT2D eigenvalue weighted by molar-refractivity contribution is 5.95. The van der Waals surface area contributed by atoms with E-state index in [-0.39, 0.29) is 23.8 Å². The minimum Gasteiger partial charge on any atom is -0.326 e. The molecule has 0 bridgehead atoms. The fraction of sp³-hybridized carbons (Fsp3) is 0.158. The van der Waals surface area contributed by atoms with Gasteiger partial charge in [-0.2, -0.15) is 5.10 Å². The molecule has 0 fully saturated rings. The van der Waals surface area contributed by atoms with Crippen molar-refractivity contribution >= 4 is 34.1 Å². The summed E-state index contributed by atoms with van der Waals surface area (Å²) in [7, 11) is 0. The second-order valence-electron chi connectivity index (χ2n) is 5.89. The van der Waals surface area contributed by atoms with Gasteiger partial charge in [-0.1, -0.05) is 18.2 Å². The Balaban J connectivity index is 1.84. The van der Waals surface area contributed by atoms with Crippen molar-refractivity contribution < 1.29 is 9.59 Å². The van der Waals surface area contributed by atoms with Crippen LogP contribution < -0.4 is 16.1 Å². The molecule has 1 aromatic heterocycles. The van der Waals surface area contributed by atoms with Gasteiger partial charge in [-0.05, 0) is 36.8 Å². The molecule has 2 N–H and O–H groups in total. The summed E-state index contributed by atoms with van der Waals surface area (Å²) in [4.78, 5) is 35.6. The summed E-state index contributed by atoms with van der Waals surface area (Å²) in [6.45, 7) is 3.20. The smallest absolute Gasteiger partial charge is 0.246 e. The van der Waals surface area contributed by atoms with E-state index in [1.807, 2.05) is 6.92 Å². The number of benzene rings is 2. The fourth-order valence-electron chi connectivity index (χ4n) is 2.71. The highest BCUT2D eigenvalue weighted by Crippen LogP contribution is 2.23. The maximum absolute atomic E-state index is 12.5. The Kier molecular flexibility index (Phi) is 4.79. The van der Waals surface area contributed by atoms with Crippen LogP contribution in [0.4, 0.5) is 11.4 Å². The maximum Gasteiger partial charge on any atom is 0.246 e. The molecular formula is C19H18N4O3. The fourth-order valence-corrected chi connectivity index (χ4v) is 2.71. The second-order valence-corrected chi connectivity index (χ2v) is 5.89. The van der Waals surface area contributed by atoms with Gasteiger partial charge in [0.1, 0.15) is 6.54 Å². The lowest BCUT2D eigenvalue weighted by atomic mass is 10.1. The average molecular weight is 350 g/mol. The molecule has 2 amide bonds. The van der Waals surface area contributed by atoms with E-state index in [1.54, 1.807) is 42.5 Å². The molecule has 7 heteroatoms. The van der Waals surface area contributed by atoms with Crippen LogP contribution in [-0.2, 0) is 16.1 Å². The Morgan fingerprint density at radius 2 is 1.73 bits per heavy atom. The number of nitrogens with zero attached hydrogens (tertiary/aromatic N) is 2. The van der Waals surface area contributed by atoms with Gasteiger partial charge in [0.25, 0.3) is 0 Å². The molecule has 26 heavy (non-hydrogen) atoms. The molecule has 0 unspecified atom stereocenters. The number of carbonyl (C=O) groups excluding carboxylic acids is 2. The van der Waals surface area contributed by atoms with Crippen molar-refractivity contribution in [3.63, 3.8) is 0 Å². The Morgan fingerprint density at radius 3 is 2.46 bits per heavy atom. The molecule has 3 rings (SSSR count). The van der Waals surface area contributed by atoms with Crippen molar-refractivity contribution in [3.8, 4) is 0 Å². The van der Waals surface area contributed by atoms with Gasteiger partial charge in [0, 0.05) is 23.7 Å². The molecule has 2 aromatic carbocycles. The first-order valence-electron chi connectivity index (χ1n) is 8.07. The van der Waals surface area contributed by atoms with Crippen LogP contribution in [-0.4, -0.2) is 21.6 Å². The molecule has 0 radical (unpaired) electrons. The van der Waals surface area contributed by atoms with E-state index in [9.17, 15) is 14.4 Å². The first-order chi connectivity index (χ1) is 12.5. The summed E-state index contributed by atoms with van der Waals surface area (Å²) in [6.07, 6.45) is 1.21. The molecule has 132 valence electrons. The lowest BCUT2D eigenvalue weighted by Gasteiger charge is -2.14. The van der Waals surface area contributed by atoms with Gasteiger partial charge in [-0.3, -0.25) is 19.1 Å². The molecular weight excluding hydrogens is 332 g/mol. The lowest BCUT2D eigenvalue weighted by Crippen LogP contribution is -2.23. The number of carbonyl (C=O) groups is 2. The van der Waals surface area contributed by atoms with E-state index in [0.717, 1.165) is 5.56 Å². The van der Waals surface area contributed by atoms with Crippen molar-refractivity contribution in [2.45, 2.75) is 20.4 Å². The Bertz CT molecular complexity index is 1060. The van der Waals surface area contributed by atoms with E-state index in [0.29, 0.717) is 22.3 Å². The van der Waals surface area contributed by atoms with Gasteiger partial charge in [-0.15, -0.1) is 0 Å². The van der Waals surface area contributed by atoms with E-state index >= 15 is 0 Å². The van der Waals surface area contributed by atoms with Crippen molar-refractivity contribution in [2.24, 2.45) is 0 Å². The monoisotopic (exact) mass is 350 g/mol. The van der Waals surface area contributed by atoms with Gasteiger partial charge in [0.15, 0.2) is 0 Å². The number of hydrogen-bond acceptors (Lipinski definition) is 4. The van der Waals surface area contributed by atoms with Gasteiger partial charge in [0.05, 0.1) is 11.7 Å². The Hall–Kier alpha value is -3.48. The molecule has 0 aliphatic heterocycles. The van der Waals surface area contributed by atoms with Crippen LogP contribution in [0.25, 0.3) is 10.9 Å². The van der Waals surface area contributed by atoms with Crippen LogP contribution >= 0.6 is 0 Å². The number of nitrogens with one attached hydrogen (secondary N) is 2. The molecule has 0 atom stereocenters.